The van der Waals surface area contributed by atoms with E-state index in [2.05, 4.69) is 35.7 Å². The van der Waals surface area contributed by atoms with Gasteiger partial charge in [-0.15, -0.1) is 10.2 Å². The first-order valence-electron chi connectivity index (χ1n) is 11.6. The molecule has 1 aliphatic rings. The van der Waals surface area contributed by atoms with E-state index in [1.54, 1.807) is 7.11 Å². The van der Waals surface area contributed by atoms with Crippen LogP contribution in [0.15, 0.2) is 30.6 Å². The van der Waals surface area contributed by atoms with E-state index in [0.717, 1.165) is 11.3 Å². The number of aromatic nitrogens is 8. The molecule has 190 valence electrons. The molecule has 14 nitrogen and oxygen atoms in total. The number of aliphatic hydroxyl groups is 2. The number of benzene rings is 1. The molecule has 0 spiro atoms. The van der Waals surface area contributed by atoms with Gasteiger partial charge in [-0.25, -0.2) is 4.98 Å². The van der Waals surface area contributed by atoms with Crippen LogP contribution in [0.25, 0.3) is 11.2 Å². The van der Waals surface area contributed by atoms with Gasteiger partial charge in [0.05, 0.1) is 20.0 Å². The minimum atomic E-state index is -1.29. The maximum Gasteiger partial charge on any atom is 0.226 e. The van der Waals surface area contributed by atoms with Gasteiger partial charge in [0.2, 0.25) is 11.8 Å². The van der Waals surface area contributed by atoms with Crippen LogP contribution in [0.3, 0.4) is 0 Å². The van der Waals surface area contributed by atoms with Crippen LogP contribution in [0.2, 0.25) is 0 Å². The summed E-state index contributed by atoms with van der Waals surface area (Å²) in [5, 5.41) is 36.7. The maximum absolute atomic E-state index is 10.8. The molecule has 5 atom stereocenters. The standard InChI is InChI=1S/C22H28N10O4/c1-4-32-29-19(28-30-32)17-15(33)16(34)21(36-17)31-10-24-14-18(23)26-22(27-20(14)31)25-11(2)9-12-5-7-13(35-3)8-6-12/h5-8,10-11,15-17,21,33-34H,4,9H2,1-3H3,(H3,23,25,26,27)/t11-,15-,16+,17-,21+/m0/s1. The number of nitrogens with two attached hydrogens (primary N) is 1. The quantitative estimate of drug-likeness (QED) is 0.264. The number of nitrogen functional groups attached to an aromatic ring is 1. The van der Waals surface area contributed by atoms with Crippen LogP contribution in [0.4, 0.5) is 11.8 Å². The first-order chi connectivity index (χ1) is 17.4. The van der Waals surface area contributed by atoms with Gasteiger partial charge < -0.3 is 30.7 Å². The fraction of sp³-hybridized carbons (Fsp3) is 0.455. The van der Waals surface area contributed by atoms with E-state index < -0.39 is 24.5 Å². The number of anilines is 2. The number of aliphatic hydroxyl groups excluding tert-OH is 2. The Morgan fingerprint density at radius 3 is 2.67 bits per heavy atom. The Morgan fingerprint density at radius 1 is 1.19 bits per heavy atom. The van der Waals surface area contributed by atoms with Crippen molar-refractivity contribution >= 4 is 22.9 Å². The first-order valence-corrected chi connectivity index (χ1v) is 11.6. The molecule has 4 heterocycles. The zero-order valence-electron chi connectivity index (χ0n) is 20.1. The summed E-state index contributed by atoms with van der Waals surface area (Å²) in [7, 11) is 1.63. The number of imidazole rings is 1. The van der Waals surface area contributed by atoms with Gasteiger partial charge in [0.25, 0.3) is 0 Å². The Kier molecular flexibility index (Phi) is 6.38. The third-order valence-corrected chi connectivity index (χ3v) is 6.04. The molecule has 1 fully saturated rings. The van der Waals surface area contributed by atoms with Crippen LogP contribution >= 0.6 is 0 Å². The average Bonchev–Trinajstić information content (AvgIpc) is 3.58. The number of nitrogens with one attached hydrogen (secondary N) is 1. The summed E-state index contributed by atoms with van der Waals surface area (Å²) in [5.74, 6) is 1.46. The van der Waals surface area contributed by atoms with Crippen LogP contribution in [0, 0.1) is 0 Å². The summed E-state index contributed by atoms with van der Waals surface area (Å²) in [5.41, 5.74) is 7.98. The predicted octanol–water partition coefficient (Wildman–Crippen LogP) is 0.458. The second-order valence-corrected chi connectivity index (χ2v) is 8.62. The Bertz CT molecular complexity index is 1340. The summed E-state index contributed by atoms with van der Waals surface area (Å²) >= 11 is 0. The molecule has 0 unspecified atom stereocenters. The van der Waals surface area contributed by atoms with E-state index in [1.165, 1.54) is 15.7 Å². The van der Waals surface area contributed by atoms with Crippen molar-refractivity contribution in [1.82, 2.24) is 39.7 Å². The molecule has 1 saturated heterocycles. The Labute approximate surface area is 206 Å². The Balaban J connectivity index is 1.37. The molecule has 0 aliphatic carbocycles. The first kappa shape index (κ1) is 23.8. The van der Waals surface area contributed by atoms with Crippen molar-refractivity contribution in [3.05, 3.63) is 42.0 Å². The number of tetrazole rings is 1. The minimum Gasteiger partial charge on any atom is -0.497 e. The predicted molar refractivity (Wildman–Crippen MR) is 128 cm³/mol. The highest BCUT2D eigenvalue weighted by atomic mass is 16.6. The highest BCUT2D eigenvalue weighted by Crippen LogP contribution is 2.38. The van der Waals surface area contributed by atoms with Gasteiger partial charge in [-0.1, -0.05) is 12.1 Å². The molecule has 0 saturated carbocycles. The molecule has 14 heteroatoms. The Morgan fingerprint density at radius 2 is 1.97 bits per heavy atom. The number of hydrogen-bond donors (Lipinski definition) is 4. The summed E-state index contributed by atoms with van der Waals surface area (Å²) in [6, 6.07) is 7.80. The molecular weight excluding hydrogens is 468 g/mol. The smallest absolute Gasteiger partial charge is 0.226 e. The van der Waals surface area contributed by atoms with Gasteiger partial charge in [-0.2, -0.15) is 14.8 Å². The molecule has 5 N–H and O–H groups in total. The van der Waals surface area contributed by atoms with Crippen LogP contribution in [0.1, 0.15) is 37.6 Å². The lowest BCUT2D eigenvalue weighted by molar-refractivity contribution is -0.0384. The topological polar surface area (TPSA) is 184 Å². The van der Waals surface area contributed by atoms with E-state index in [4.69, 9.17) is 15.2 Å². The number of aryl methyl sites for hydroxylation is 1. The number of rotatable bonds is 8. The lowest BCUT2D eigenvalue weighted by Gasteiger charge is -2.18. The molecule has 1 aromatic carbocycles. The zero-order chi connectivity index (χ0) is 25.4. The van der Waals surface area contributed by atoms with Gasteiger partial charge in [-0.3, -0.25) is 4.57 Å². The second kappa shape index (κ2) is 9.64. The van der Waals surface area contributed by atoms with Crippen molar-refractivity contribution in [3.8, 4) is 5.75 Å². The van der Waals surface area contributed by atoms with Crippen molar-refractivity contribution in [2.24, 2.45) is 0 Å². The highest BCUT2D eigenvalue weighted by Gasteiger charge is 2.47. The van der Waals surface area contributed by atoms with Crippen molar-refractivity contribution < 1.29 is 19.7 Å². The van der Waals surface area contributed by atoms with Crippen molar-refractivity contribution in [2.45, 2.75) is 57.4 Å². The van der Waals surface area contributed by atoms with Crippen molar-refractivity contribution in [2.75, 3.05) is 18.2 Å². The number of ether oxygens (including phenoxy) is 2. The molecule has 5 rings (SSSR count). The highest BCUT2D eigenvalue weighted by molar-refractivity contribution is 5.83. The lowest BCUT2D eigenvalue weighted by atomic mass is 10.1. The number of fused-ring (bicyclic) bond motifs is 1. The fourth-order valence-corrected chi connectivity index (χ4v) is 4.18. The van der Waals surface area contributed by atoms with Gasteiger partial charge in [0.1, 0.15) is 23.5 Å². The third kappa shape index (κ3) is 4.41. The SMILES string of the molecule is CCn1nnc([C@H]2O[C@@H](n3cnc4c(N)nc(N[C@@H](C)Cc5ccc(OC)cc5)nc43)[C@H](O)[C@@H]2O)n1. The number of hydrogen-bond acceptors (Lipinski definition) is 12. The Hall–Kier alpha value is -3.88. The normalized spacial score (nSPS) is 22.7. The fourth-order valence-electron chi connectivity index (χ4n) is 4.18. The molecule has 4 aromatic rings. The van der Waals surface area contributed by atoms with E-state index in [1.807, 2.05) is 38.1 Å². The number of methoxy groups -OCH3 is 1. The minimum absolute atomic E-state index is 0.0154. The van der Waals surface area contributed by atoms with Gasteiger partial charge in [0.15, 0.2) is 23.8 Å². The van der Waals surface area contributed by atoms with E-state index in [0.29, 0.717) is 30.1 Å². The summed E-state index contributed by atoms with van der Waals surface area (Å²) in [4.78, 5) is 14.6. The van der Waals surface area contributed by atoms with Gasteiger partial charge in [0, 0.05) is 6.04 Å². The summed E-state index contributed by atoms with van der Waals surface area (Å²) in [6.07, 6.45) is -2.37. The lowest BCUT2D eigenvalue weighted by Crippen LogP contribution is -2.29. The van der Waals surface area contributed by atoms with Crippen LogP contribution < -0.4 is 15.8 Å². The van der Waals surface area contributed by atoms with Crippen LogP contribution in [-0.4, -0.2) is 75.3 Å². The van der Waals surface area contributed by atoms with Gasteiger partial charge in [-0.05, 0) is 43.2 Å². The third-order valence-electron chi connectivity index (χ3n) is 6.04. The molecule has 0 amide bonds. The van der Waals surface area contributed by atoms with Crippen molar-refractivity contribution in [3.63, 3.8) is 0 Å². The zero-order valence-corrected chi connectivity index (χ0v) is 20.1. The van der Waals surface area contributed by atoms with E-state index >= 15 is 0 Å². The monoisotopic (exact) mass is 496 g/mol. The van der Waals surface area contributed by atoms with Crippen LogP contribution in [-0.2, 0) is 17.7 Å². The number of nitrogens with zero attached hydrogens (tertiary/aromatic N) is 8. The molecular formula is C22H28N10O4. The molecule has 36 heavy (non-hydrogen) atoms. The summed E-state index contributed by atoms with van der Waals surface area (Å²) in [6.45, 7) is 4.38. The van der Waals surface area contributed by atoms with E-state index in [-0.39, 0.29) is 17.7 Å². The molecule has 0 bridgehead atoms. The maximum atomic E-state index is 10.8. The van der Waals surface area contributed by atoms with Crippen LogP contribution in [0.5, 0.6) is 5.75 Å². The molecule has 3 aromatic heterocycles. The molecule has 1 aliphatic heterocycles. The van der Waals surface area contributed by atoms with E-state index in [9.17, 15) is 10.2 Å². The van der Waals surface area contributed by atoms with Gasteiger partial charge >= 0.3 is 0 Å². The summed E-state index contributed by atoms with van der Waals surface area (Å²) < 4.78 is 12.7. The van der Waals surface area contributed by atoms with Crippen molar-refractivity contribution in [1.29, 1.82) is 0 Å². The largest absolute Gasteiger partial charge is 0.497 e. The molecule has 0 radical (unpaired) electrons. The average molecular weight is 497 g/mol. The second-order valence-electron chi connectivity index (χ2n) is 8.62.